The van der Waals surface area contributed by atoms with Gasteiger partial charge in [-0.2, -0.15) is 19.6 Å². The lowest BCUT2D eigenvalue weighted by Gasteiger charge is -2.39. The van der Waals surface area contributed by atoms with Crippen LogP contribution in [0.1, 0.15) is 105 Å². The van der Waals surface area contributed by atoms with E-state index in [9.17, 15) is 0 Å². The molecule has 0 aromatic heterocycles. The molecule has 0 radical (unpaired) electrons. The molecule has 0 spiro atoms. The van der Waals surface area contributed by atoms with Crippen molar-refractivity contribution in [3.8, 4) is 0 Å². The molecule has 0 saturated heterocycles. The predicted octanol–water partition coefficient (Wildman–Crippen LogP) is 8.51. The number of hydrogen-bond donors (Lipinski definition) is 0. The molecule has 0 fully saturated rings. The maximum absolute atomic E-state index is 6.06. The van der Waals surface area contributed by atoms with E-state index in [-0.39, 0.29) is 0 Å². The van der Waals surface area contributed by atoms with Gasteiger partial charge in [-0.1, -0.05) is 102 Å². The van der Waals surface area contributed by atoms with Crippen molar-refractivity contribution in [2.75, 3.05) is 0 Å². The first-order chi connectivity index (χ1) is 17.2. The van der Waals surface area contributed by atoms with Crippen molar-refractivity contribution < 1.29 is 29.3 Å². The lowest BCUT2D eigenvalue weighted by Crippen LogP contribution is -2.44. The van der Waals surface area contributed by atoms with E-state index in [1.165, 1.54) is 0 Å². The first kappa shape index (κ1) is 30.4. The molecule has 0 N–H and O–H groups in total. The minimum atomic E-state index is -1.11. The summed E-state index contributed by atoms with van der Waals surface area (Å²) >= 11 is 0. The van der Waals surface area contributed by atoms with Crippen LogP contribution in [0.4, 0.5) is 0 Å². The summed E-state index contributed by atoms with van der Waals surface area (Å²) in [7, 11) is 0. The third-order valence-electron chi connectivity index (χ3n) is 7.37. The van der Waals surface area contributed by atoms with Gasteiger partial charge in [0.1, 0.15) is 11.2 Å². The highest BCUT2D eigenvalue weighted by atomic mass is 17.4. The Hall–Kier alpha value is -1.80. The molecule has 2 unspecified atom stereocenters. The second-order valence-electron chi connectivity index (χ2n) is 9.64. The Morgan fingerprint density at radius 2 is 0.694 bits per heavy atom. The molecular weight excluding hydrogens is 456 g/mol. The Bertz CT molecular complexity index is 792. The van der Waals surface area contributed by atoms with E-state index < -0.39 is 22.8 Å². The van der Waals surface area contributed by atoms with E-state index in [0.29, 0.717) is 25.7 Å². The zero-order chi connectivity index (χ0) is 26.7. The lowest BCUT2D eigenvalue weighted by molar-refractivity contribution is -0.597. The second-order valence-corrected chi connectivity index (χ2v) is 9.64. The molecule has 2 rings (SSSR count). The van der Waals surface area contributed by atoms with Crippen molar-refractivity contribution >= 4 is 0 Å². The van der Waals surface area contributed by atoms with Crippen molar-refractivity contribution in [2.24, 2.45) is 0 Å². The summed E-state index contributed by atoms with van der Waals surface area (Å²) in [5.74, 6) is -2.23. The second kappa shape index (κ2) is 13.7. The van der Waals surface area contributed by atoms with Crippen molar-refractivity contribution in [1.82, 2.24) is 0 Å². The van der Waals surface area contributed by atoms with Crippen molar-refractivity contribution in [2.45, 2.75) is 117 Å². The van der Waals surface area contributed by atoms with E-state index in [4.69, 9.17) is 29.3 Å². The third-order valence-corrected chi connectivity index (χ3v) is 7.37. The third kappa shape index (κ3) is 7.37. The van der Waals surface area contributed by atoms with E-state index in [1.54, 1.807) is 0 Å². The van der Waals surface area contributed by atoms with Crippen LogP contribution in [0.15, 0.2) is 60.7 Å². The van der Waals surface area contributed by atoms with Crippen LogP contribution in [-0.2, 0) is 40.5 Å². The fourth-order valence-electron chi connectivity index (χ4n) is 3.69. The van der Waals surface area contributed by atoms with Crippen molar-refractivity contribution in [3.63, 3.8) is 0 Å². The minimum Gasteiger partial charge on any atom is -0.222 e. The van der Waals surface area contributed by atoms with Crippen LogP contribution in [0, 0.1) is 0 Å². The molecule has 36 heavy (non-hydrogen) atoms. The molecule has 2 aromatic carbocycles. The summed E-state index contributed by atoms with van der Waals surface area (Å²) in [6, 6.07) is 20.1. The minimum absolute atomic E-state index is 0.513. The van der Waals surface area contributed by atoms with Crippen LogP contribution in [0.3, 0.4) is 0 Å². The molecule has 0 saturated carbocycles. The normalized spacial score (nSPS) is 15.9. The SMILES string of the molecule is CCC(CC)(OOC(CC)(CC)OOC(C)(CC)c1ccccc1)OOC(C)(CC)c1ccccc1. The maximum atomic E-state index is 6.06. The Morgan fingerprint density at radius 1 is 0.417 bits per heavy atom. The van der Waals surface area contributed by atoms with Crippen molar-refractivity contribution in [3.05, 3.63) is 71.8 Å². The van der Waals surface area contributed by atoms with Crippen LogP contribution in [-0.4, -0.2) is 11.6 Å². The largest absolute Gasteiger partial charge is 0.233 e. The summed E-state index contributed by atoms with van der Waals surface area (Å²) in [6.45, 7) is 16.0. The van der Waals surface area contributed by atoms with Crippen LogP contribution in [0.25, 0.3) is 0 Å². The first-order valence-electron chi connectivity index (χ1n) is 13.4. The smallest absolute Gasteiger partial charge is 0.222 e. The fourth-order valence-corrected chi connectivity index (χ4v) is 3.69. The van der Waals surface area contributed by atoms with Gasteiger partial charge in [0.05, 0.1) is 0 Å². The number of hydrogen-bond acceptors (Lipinski definition) is 6. The summed E-state index contributed by atoms with van der Waals surface area (Å²) in [5, 5.41) is 0. The molecule has 6 nitrogen and oxygen atoms in total. The van der Waals surface area contributed by atoms with Gasteiger partial charge in [-0.05, 0) is 37.8 Å². The van der Waals surface area contributed by atoms with Crippen LogP contribution >= 0.6 is 0 Å². The highest BCUT2D eigenvalue weighted by molar-refractivity contribution is 5.22. The molecule has 6 heteroatoms. The topological polar surface area (TPSA) is 55.4 Å². The van der Waals surface area contributed by atoms with Gasteiger partial charge in [-0.25, -0.2) is 9.78 Å². The van der Waals surface area contributed by atoms with Gasteiger partial charge in [0.25, 0.3) is 0 Å². The number of rotatable bonds is 17. The highest BCUT2D eigenvalue weighted by Crippen LogP contribution is 2.37. The van der Waals surface area contributed by atoms with Gasteiger partial charge in [-0.15, -0.1) is 0 Å². The van der Waals surface area contributed by atoms with Crippen LogP contribution in [0.2, 0.25) is 0 Å². The Labute approximate surface area is 218 Å². The van der Waals surface area contributed by atoms with Gasteiger partial charge in [0.15, 0.2) is 0 Å². The average Bonchev–Trinajstić information content (AvgIpc) is 2.95. The molecule has 2 aromatic rings. The van der Waals surface area contributed by atoms with Crippen LogP contribution < -0.4 is 0 Å². The van der Waals surface area contributed by atoms with Gasteiger partial charge in [0, 0.05) is 25.7 Å². The molecule has 0 amide bonds. The van der Waals surface area contributed by atoms with E-state index >= 15 is 0 Å². The standard InChI is InChI=1S/C30H46O6/c1-9-27(7,25-21-17-15-18-22-25)31-33-29(11-3,12-4)35-36-30(13-5,14-6)34-32-28(8,10-2)26-23-19-16-20-24-26/h15-24H,9-14H2,1-8H3. The molecule has 0 heterocycles. The molecular formula is C30H46O6. The van der Waals surface area contributed by atoms with Gasteiger partial charge >= 0.3 is 0 Å². The van der Waals surface area contributed by atoms with Gasteiger partial charge in [-0.3, -0.25) is 0 Å². The fraction of sp³-hybridized carbons (Fsp3) is 0.600. The number of benzene rings is 2. The molecule has 202 valence electrons. The quantitative estimate of drug-likeness (QED) is 0.123. The maximum Gasteiger partial charge on any atom is 0.233 e. The average molecular weight is 503 g/mol. The monoisotopic (exact) mass is 502 g/mol. The summed E-state index contributed by atoms with van der Waals surface area (Å²) in [5.41, 5.74) is 0.792. The molecule has 0 aliphatic heterocycles. The molecule has 0 bridgehead atoms. The van der Waals surface area contributed by atoms with Gasteiger partial charge < -0.3 is 0 Å². The Balaban J connectivity index is 2.14. The van der Waals surface area contributed by atoms with Crippen LogP contribution in [0.5, 0.6) is 0 Å². The van der Waals surface area contributed by atoms with E-state index in [1.807, 2.05) is 102 Å². The van der Waals surface area contributed by atoms with E-state index in [0.717, 1.165) is 24.0 Å². The first-order valence-corrected chi connectivity index (χ1v) is 13.4. The zero-order valence-corrected chi connectivity index (χ0v) is 23.5. The van der Waals surface area contributed by atoms with E-state index in [2.05, 4.69) is 13.8 Å². The summed E-state index contributed by atoms with van der Waals surface area (Å²) in [6.07, 6.45) is 3.50. The van der Waals surface area contributed by atoms with Gasteiger partial charge in [0.2, 0.25) is 11.6 Å². The van der Waals surface area contributed by atoms with Crippen molar-refractivity contribution in [1.29, 1.82) is 0 Å². The molecule has 2 atom stereocenters. The lowest BCUT2D eigenvalue weighted by atomic mass is 9.93. The predicted molar refractivity (Wildman–Crippen MR) is 141 cm³/mol. The summed E-state index contributed by atoms with van der Waals surface area (Å²) in [4.78, 5) is 36.2. The Morgan fingerprint density at radius 3 is 0.944 bits per heavy atom. The highest BCUT2D eigenvalue weighted by Gasteiger charge is 2.42. The molecule has 0 aliphatic carbocycles. The Kier molecular flexibility index (Phi) is 11.5. The summed E-state index contributed by atoms with van der Waals surface area (Å²) < 4.78 is 0. The molecule has 0 aliphatic rings. The zero-order valence-electron chi connectivity index (χ0n) is 23.5.